The maximum absolute atomic E-state index is 9.35. The Morgan fingerprint density at radius 3 is 2.52 bits per heavy atom. The lowest BCUT2D eigenvalue weighted by molar-refractivity contribution is 0.123. The molecule has 2 heterocycles. The molecule has 0 aliphatic rings. The molecule has 0 saturated carbocycles. The zero-order valence-corrected chi connectivity index (χ0v) is 15.5. The number of benzene rings is 2. The summed E-state index contributed by atoms with van der Waals surface area (Å²) in [7, 11) is 0. The second-order valence-corrected chi connectivity index (χ2v) is 6.65. The molecule has 1 atom stereocenters. The Bertz CT molecular complexity index is 1060. The third-order valence-corrected chi connectivity index (χ3v) is 4.50. The van der Waals surface area contributed by atoms with Crippen molar-refractivity contribution in [3.8, 4) is 22.6 Å². The molecular formula is C21H18ClN3O2. The maximum Gasteiger partial charge on any atom is 0.157 e. The van der Waals surface area contributed by atoms with Crippen molar-refractivity contribution in [2.75, 3.05) is 6.61 Å². The highest BCUT2D eigenvalue weighted by atomic mass is 35.5. The lowest BCUT2D eigenvalue weighted by atomic mass is 10.1. The van der Waals surface area contributed by atoms with Crippen LogP contribution in [0.4, 0.5) is 0 Å². The minimum atomic E-state index is -0.507. The van der Waals surface area contributed by atoms with Crippen LogP contribution in [0.5, 0.6) is 5.75 Å². The van der Waals surface area contributed by atoms with Crippen LogP contribution in [0, 0.1) is 0 Å². The van der Waals surface area contributed by atoms with Crippen molar-refractivity contribution in [3.63, 3.8) is 0 Å². The Morgan fingerprint density at radius 1 is 1.07 bits per heavy atom. The summed E-state index contributed by atoms with van der Waals surface area (Å²) in [6.45, 7) is 1.95. The molecule has 0 unspecified atom stereocenters. The van der Waals surface area contributed by atoms with Gasteiger partial charge in [-0.1, -0.05) is 41.9 Å². The summed E-state index contributed by atoms with van der Waals surface area (Å²) >= 11 is 6.39. The van der Waals surface area contributed by atoms with Gasteiger partial charge in [-0.25, -0.2) is 9.97 Å². The molecule has 2 aromatic carbocycles. The number of aliphatic hydroxyl groups is 1. The van der Waals surface area contributed by atoms with Crippen molar-refractivity contribution in [2.24, 2.45) is 0 Å². The molecule has 6 heteroatoms. The first-order valence-corrected chi connectivity index (χ1v) is 8.99. The molecule has 0 aliphatic heterocycles. The van der Waals surface area contributed by atoms with Crippen LogP contribution in [-0.4, -0.2) is 32.4 Å². The van der Waals surface area contributed by atoms with Gasteiger partial charge in [0.25, 0.3) is 0 Å². The van der Waals surface area contributed by atoms with Gasteiger partial charge in [-0.05, 0) is 36.8 Å². The van der Waals surface area contributed by atoms with Gasteiger partial charge in [0.1, 0.15) is 29.7 Å². The zero-order chi connectivity index (χ0) is 18.8. The summed E-state index contributed by atoms with van der Waals surface area (Å²) in [5.74, 6) is 0.708. The molecular weight excluding hydrogens is 362 g/mol. The fraction of sp³-hybridized carbons (Fsp3) is 0.143. The lowest BCUT2D eigenvalue weighted by Gasteiger charge is -2.08. The third-order valence-electron chi connectivity index (χ3n) is 4.22. The summed E-state index contributed by atoms with van der Waals surface area (Å²) < 4.78 is 7.54. The maximum atomic E-state index is 9.35. The van der Waals surface area contributed by atoms with E-state index in [2.05, 4.69) is 9.97 Å². The summed E-state index contributed by atoms with van der Waals surface area (Å²) in [5.41, 5.74) is 4.50. The Labute approximate surface area is 161 Å². The molecule has 4 aromatic rings. The van der Waals surface area contributed by atoms with Crippen molar-refractivity contribution in [3.05, 3.63) is 72.3 Å². The fourth-order valence-corrected chi connectivity index (χ4v) is 3.20. The molecule has 0 amide bonds. The van der Waals surface area contributed by atoms with Crippen molar-refractivity contribution < 1.29 is 9.84 Å². The van der Waals surface area contributed by atoms with Crippen LogP contribution in [-0.2, 0) is 0 Å². The molecule has 0 spiro atoms. The molecule has 4 rings (SSSR count). The number of hydrogen-bond acceptors (Lipinski definition) is 4. The normalized spacial score (nSPS) is 12.3. The van der Waals surface area contributed by atoms with Crippen LogP contribution >= 0.6 is 11.6 Å². The smallest absolute Gasteiger partial charge is 0.157 e. The second kappa shape index (κ2) is 7.39. The van der Waals surface area contributed by atoms with E-state index in [1.165, 1.54) is 6.33 Å². The van der Waals surface area contributed by atoms with E-state index in [1.807, 2.05) is 65.4 Å². The molecule has 27 heavy (non-hydrogen) atoms. The zero-order valence-electron chi connectivity index (χ0n) is 14.7. The fourth-order valence-electron chi connectivity index (χ4n) is 2.97. The highest BCUT2D eigenvalue weighted by Crippen LogP contribution is 2.34. The van der Waals surface area contributed by atoms with Gasteiger partial charge in [0.05, 0.1) is 6.10 Å². The standard InChI is InChI=1S/C21H18ClN3O2/c1-14(26)12-27-17-9-7-15(8-10-17)18-11-25(16-5-3-2-4-6-16)20-19(18)23-13-24-21(20)22/h2-11,13-14,26H,12H2,1H3/t14-/m0/s1. The van der Waals surface area contributed by atoms with Crippen LogP contribution in [0.3, 0.4) is 0 Å². The number of aliphatic hydroxyl groups excluding tert-OH is 1. The van der Waals surface area contributed by atoms with E-state index in [0.717, 1.165) is 27.8 Å². The first-order valence-electron chi connectivity index (χ1n) is 8.62. The SMILES string of the molecule is C[C@H](O)COc1ccc(-c2cn(-c3ccccc3)c3c(Cl)ncnc23)cc1. The molecule has 1 N–H and O–H groups in total. The number of nitrogens with zero attached hydrogens (tertiary/aromatic N) is 3. The minimum Gasteiger partial charge on any atom is -0.491 e. The third kappa shape index (κ3) is 3.52. The summed E-state index contributed by atoms with van der Waals surface area (Å²) in [6, 6.07) is 17.7. The summed E-state index contributed by atoms with van der Waals surface area (Å²) in [4.78, 5) is 8.61. The molecule has 5 nitrogen and oxygen atoms in total. The van der Waals surface area contributed by atoms with E-state index in [1.54, 1.807) is 6.92 Å². The van der Waals surface area contributed by atoms with Gasteiger partial charge in [0, 0.05) is 17.4 Å². The number of hydrogen-bond donors (Lipinski definition) is 1. The average Bonchev–Trinajstić information content (AvgIpc) is 3.08. The Kier molecular flexibility index (Phi) is 4.79. The second-order valence-electron chi connectivity index (χ2n) is 6.29. The lowest BCUT2D eigenvalue weighted by Crippen LogP contribution is -2.12. The van der Waals surface area contributed by atoms with Crippen LogP contribution in [0.25, 0.3) is 27.8 Å². The van der Waals surface area contributed by atoms with Gasteiger partial charge >= 0.3 is 0 Å². The van der Waals surface area contributed by atoms with Crippen molar-refractivity contribution in [1.29, 1.82) is 0 Å². The number of aromatic nitrogens is 3. The largest absolute Gasteiger partial charge is 0.491 e. The summed E-state index contributed by atoms with van der Waals surface area (Å²) in [5, 5.41) is 9.76. The Balaban J connectivity index is 1.80. The Hall–Kier alpha value is -2.89. The van der Waals surface area contributed by atoms with E-state index in [-0.39, 0.29) is 6.61 Å². The molecule has 0 radical (unpaired) electrons. The highest BCUT2D eigenvalue weighted by Gasteiger charge is 2.16. The number of rotatable bonds is 5. The van der Waals surface area contributed by atoms with Crippen LogP contribution in [0.2, 0.25) is 5.15 Å². The molecule has 2 aromatic heterocycles. The average molecular weight is 380 g/mol. The van der Waals surface area contributed by atoms with Gasteiger partial charge in [-0.15, -0.1) is 0 Å². The van der Waals surface area contributed by atoms with E-state index in [4.69, 9.17) is 16.3 Å². The quantitative estimate of drug-likeness (QED) is 0.518. The van der Waals surface area contributed by atoms with Gasteiger partial charge in [0.2, 0.25) is 0 Å². The van der Waals surface area contributed by atoms with Gasteiger partial charge in [-0.3, -0.25) is 0 Å². The first kappa shape index (κ1) is 17.5. The van der Waals surface area contributed by atoms with E-state index < -0.39 is 6.10 Å². The highest BCUT2D eigenvalue weighted by molar-refractivity contribution is 6.34. The van der Waals surface area contributed by atoms with Gasteiger partial charge in [-0.2, -0.15) is 0 Å². The number of halogens is 1. The predicted octanol–water partition coefficient (Wildman–Crippen LogP) is 4.50. The molecule has 0 bridgehead atoms. The van der Waals surface area contributed by atoms with E-state index >= 15 is 0 Å². The number of fused-ring (bicyclic) bond motifs is 1. The number of ether oxygens (including phenoxy) is 1. The van der Waals surface area contributed by atoms with E-state index in [0.29, 0.717) is 10.9 Å². The van der Waals surface area contributed by atoms with Crippen LogP contribution in [0.1, 0.15) is 6.92 Å². The van der Waals surface area contributed by atoms with Gasteiger partial charge < -0.3 is 14.4 Å². The predicted molar refractivity (Wildman–Crippen MR) is 106 cm³/mol. The topological polar surface area (TPSA) is 60.2 Å². The molecule has 0 aliphatic carbocycles. The Morgan fingerprint density at radius 2 is 1.81 bits per heavy atom. The minimum absolute atomic E-state index is 0.259. The van der Waals surface area contributed by atoms with E-state index in [9.17, 15) is 5.11 Å². The van der Waals surface area contributed by atoms with Crippen molar-refractivity contribution >= 4 is 22.6 Å². The first-order chi connectivity index (χ1) is 13.1. The molecule has 0 fully saturated rings. The number of para-hydroxylation sites is 1. The van der Waals surface area contributed by atoms with Crippen molar-refractivity contribution in [2.45, 2.75) is 13.0 Å². The summed E-state index contributed by atoms with van der Waals surface area (Å²) in [6.07, 6.45) is 2.99. The van der Waals surface area contributed by atoms with Crippen LogP contribution < -0.4 is 4.74 Å². The molecule has 0 saturated heterocycles. The van der Waals surface area contributed by atoms with Crippen LogP contribution in [0.15, 0.2) is 67.1 Å². The van der Waals surface area contributed by atoms with Crippen molar-refractivity contribution in [1.82, 2.24) is 14.5 Å². The monoisotopic (exact) mass is 379 g/mol. The molecule has 136 valence electrons. The van der Waals surface area contributed by atoms with Gasteiger partial charge in [0.15, 0.2) is 5.15 Å².